The van der Waals surface area contributed by atoms with Crippen LogP contribution < -0.4 is 5.32 Å². The average Bonchev–Trinajstić information content (AvgIpc) is 3.36. The minimum absolute atomic E-state index is 0.0294. The molecule has 1 heterocycles. The standard InChI is InChI=1S/C23H27N3O6S2/c1-25(2)34(30,31)18-9-7-8-17(14-18)24-21(27)15-32-23(29)19-10-3-4-11-20(19)33-16-22(28)26-12-5-6-13-26/h3-4,7-11,14H,5-6,12-13,15-16H2,1-2H3,(H,24,27). The number of hydrogen-bond acceptors (Lipinski definition) is 7. The summed E-state index contributed by atoms with van der Waals surface area (Å²) >= 11 is 1.26. The van der Waals surface area contributed by atoms with Gasteiger partial charge in [0.2, 0.25) is 15.9 Å². The van der Waals surface area contributed by atoms with E-state index in [-0.39, 0.29) is 27.8 Å². The van der Waals surface area contributed by atoms with Crippen LogP contribution in [-0.4, -0.2) is 75.0 Å². The Hall–Kier alpha value is -2.89. The number of hydrogen-bond donors (Lipinski definition) is 1. The number of nitrogens with one attached hydrogen (secondary N) is 1. The van der Waals surface area contributed by atoms with Crippen molar-refractivity contribution in [2.45, 2.75) is 22.6 Å². The van der Waals surface area contributed by atoms with Crippen LogP contribution in [0.4, 0.5) is 5.69 Å². The second kappa shape index (κ2) is 11.5. The van der Waals surface area contributed by atoms with Crippen molar-refractivity contribution in [1.29, 1.82) is 0 Å². The molecule has 1 saturated heterocycles. The molecule has 2 aromatic carbocycles. The van der Waals surface area contributed by atoms with Crippen molar-refractivity contribution in [3.05, 3.63) is 54.1 Å². The Morgan fingerprint density at radius 2 is 1.76 bits per heavy atom. The van der Waals surface area contributed by atoms with Gasteiger partial charge in [0, 0.05) is 37.8 Å². The summed E-state index contributed by atoms with van der Waals surface area (Å²) < 4.78 is 30.8. The third-order valence-corrected chi connectivity index (χ3v) is 8.02. The summed E-state index contributed by atoms with van der Waals surface area (Å²) in [5.41, 5.74) is 0.536. The third kappa shape index (κ3) is 6.58. The molecule has 0 saturated carbocycles. The van der Waals surface area contributed by atoms with E-state index >= 15 is 0 Å². The van der Waals surface area contributed by atoms with Gasteiger partial charge in [0.25, 0.3) is 5.91 Å². The van der Waals surface area contributed by atoms with Crippen LogP contribution in [0.2, 0.25) is 0 Å². The number of anilines is 1. The van der Waals surface area contributed by atoms with Gasteiger partial charge in [-0.3, -0.25) is 9.59 Å². The Bertz CT molecular complexity index is 1160. The minimum atomic E-state index is -3.65. The molecule has 34 heavy (non-hydrogen) atoms. The smallest absolute Gasteiger partial charge is 0.339 e. The van der Waals surface area contributed by atoms with Crippen LogP contribution in [0.15, 0.2) is 58.3 Å². The van der Waals surface area contributed by atoms with Crippen LogP contribution in [0, 0.1) is 0 Å². The van der Waals surface area contributed by atoms with E-state index < -0.39 is 28.5 Å². The summed E-state index contributed by atoms with van der Waals surface area (Å²) in [6.45, 7) is 0.986. The lowest BCUT2D eigenvalue weighted by atomic mass is 10.2. The zero-order valence-electron chi connectivity index (χ0n) is 19.0. The monoisotopic (exact) mass is 505 g/mol. The summed E-state index contributed by atoms with van der Waals surface area (Å²) in [5.74, 6) is -1.04. The van der Waals surface area contributed by atoms with Crippen molar-refractivity contribution in [2.24, 2.45) is 0 Å². The number of thioether (sulfide) groups is 1. The second-order valence-electron chi connectivity index (χ2n) is 7.81. The molecule has 1 aliphatic rings. The van der Waals surface area contributed by atoms with Gasteiger partial charge in [-0.2, -0.15) is 0 Å². The van der Waals surface area contributed by atoms with E-state index in [1.807, 2.05) is 4.90 Å². The summed E-state index contributed by atoms with van der Waals surface area (Å²) in [5, 5.41) is 2.53. The van der Waals surface area contributed by atoms with Crippen LogP contribution in [0.3, 0.4) is 0 Å². The van der Waals surface area contributed by atoms with E-state index in [0.29, 0.717) is 4.90 Å². The number of rotatable bonds is 9. The lowest BCUT2D eigenvalue weighted by Gasteiger charge is -2.15. The Balaban J connectivity index is 1.57. The number of ether oxygens (including phenoxy) is 1. The molecule has 1 fully saturated rings. The fraction of sp³-hybridized carbons (Fsp3) is 0.348. The van der Waals surface area contributed by atoms with Gasteiger partial charge < -0.3 is 15.0 Å². The second-order valence-corrected chi connectivity index (χ2v) is 11.0. The maximum atomic E-state index is 12.6. The molecule has 1 aliphatic heterocycles. The lowest BCUT2D eigenvalue weighted by Crippen LogP contribution is -2.29. The van der Waals surface area contributed by atoms with E-state index in [1.54, 1.807) is 24.3 Å². The van der Waals surface area contributed by atoms with Crippen molar-refractivity contribution in [2.75, 3.05) is 44.9 Å². The molecule has 182 valence electrons. The van der Waals surface area contributed by atoms with E-state index in [2.05, 4.69) is 5.32 Å². The first-order valence-corrected chi connectivity index (χ1v) is 13.1. The number of esters is 1. The quantitative estimate of drug-likeness (QED) is 0.411. The fourth-order valence-corrected chi connectivity index (χ4v) is 5.20. The van der Waals surface area contributed by atoms with Crippen LogP contribution in [0.5, 0.6) is 0 Å². The van der Waals surface area contributed by atoms with E-state index in [0.717, 1.165) is 30.2 Å². The number of nitrogens with zero attached hydrogens (tertiary/aromatic N) is 2. The summed E-state index contributed by atoms with van der Waals surface area (Å²) in [4.78, 5) is 39.6. The molecule has 3 rings (SSSR count). The molecule has 1 N–H and O–H groups in total. The number of likely N-dealkylation sites (tertiary alicyclic amines) is 1. The molecule has 0 unspecified atom stereocenters. The third-order valence-electron chi connectivity index (χ3n) is 5.15. The number of amides is 2. The molecule has 9 nitrogen and oxygen atoms in total. The number of sulfonamides is 1. The molecule has 0 aliphatic carbocycles. The van der Waals surface area contributed by atoms with E-state index in [9.17, 15) is 22.8 Å². The predicted octanol–water partition coefficient (Wildman–Crippen LogP) is 2.45. The van der Waals surface area contributed by atoms with Gasteiger partial charge in [-0.1, -0.05) is 18.2 Å². The first-order chi connectivity index (χ1) is 16.2. The molecule has 0 bridgehead atoms. The van der Waals surface area contributed by atoms with Gasteiger partial charge in [-0.05, 0) is 43.2 Å². The van der Waals surface area contributed by atoms with Crippen molar-refractivity contribution in [1.82, 2.24) is 9.21 Å². The number of benzene rings is 2. The Morgan fingerprint density at radius 1 is 1.06 bits per heavy atom. The highest BCUT2D eigenvalue weighted by molar-refractivity contribution is 8.00. The van der Waals surface area contributed by atoms with Gasteiger partial charge in [0.15, 0.2) is 6.61 Å². The zero-order chi connectivity index (χ0) is 24.7. The zero-order valence-corrected chi connectivity index (χ0v) is 20.7. The first kappa shape index (κ1) is 25.7. The van der Waals surface area contributed by atoms with Gasteiger partial charge in [0.1, 0.15) is 0 Å². The van der Waals surface area contributed by atoms with Crippen LogP contribution in [0.25, 0.3) is 0 Å². The molecule has 0 aromatic heterocycles. The maximum absolute atomic E-state index is 12.6. The molecular weight excluding hydrogens is 478 g/mol. The molecule has 2 aromatic rings. The van der Waals surface area contributed by atoms with E-state index in [4.69, 9.17) is 4.74 Å². The topological polar surface area (TPSA) is 113 Å². The highest BCUT2D eigenvalue weighted by Gasteiger charge is 2.21. The predicted molar refractivity (Wildman–Crippen MR) is 129 cm³/mol. The molecule has 2 amide bonds. The Kier molecular flexibility index (Phi) is 8.70. The average molecular weight is 506 g/mol. The van der Waals surface area contributed by atoms with Gasteiger partial charge in [-0.15, -0.1) is 11.8 Å². The van der Waals surface area contributed by atoms with Crippen molar-refractivity contribution >= 4 is 45.3 Å². The van der Waals surface area contributed by atoms with Crippen molar-refractivity contribution < 1.29 is 27.5 Å². The summed E-state index contributed by atoms with van der Waals surface area (Å²) in [6, 6.07) is 12.6. The maximum Gasteiger partial charge on any atom is 0.339 e. The molecule has 11 heteroatoms. The number of carbonyl (C=O) groups is 3. The van der Waals surface area contributed by atoms with Crippen LogP contribution in [-0.2, 0) is 24.3 Å². The first-order valence-electron chi connectivity index (χ1n) is 10.7. The minimum Gasteiger partial charge on any atom is -0.452 e. The summed E-state index contributed by atoms with van der Waals surface area (Å²) in [7, 11) is -0.821. The van der Waals surface area contributed by atoms with Crippen LogP contribution >= 0.6 is 11.8 Å². The number of carbonyl (C=O) groups excluding carboxylic acids is 3. The molecular formula is C23H27N3O6S2. The Morgan fingerprint density at radius 3 is 2.47 bits per heavy atom. The van der Waals surface area contributed by atoms with Gasteiger partial charge in [-0.25, -0.2) is 17.5 Å². The van der Waals surface area contributed by atoms with Crippen molar-refractivity contribution in [3.63, 3.8) is 0 Å². The molecule has 0 atom stereocenters. The normalized spacial score (nSPS) is 13.7. The van der Waals surface area contributed by atoms with Crippen molar-refractivity contribution in [3.8, 4) is 0 Å². The highest BCUT2D eigenvalue weighted by Crippen LogP contribution is 2.24. The van der Waals surface area contributed by atoms with Gasteiger partial charge >= 0.3 is 5.97 Å². The Labute approximate surface area is 203 Å². The fourth-order valence-electron chi connectivity index (χ4n) is 3.31. The summed E-state index contributed by atoms with van der Waals surface area (Å²) in [6.07, 6.45) is 2.02. The van der Waals surface area contributed by atoms with Gasteiger partial charge in [0.05, 0.1) is 16.2 Å². The SMILES string of the molecule is CN(C)S(=O)(=O)c1cccc(NC(=O)COC(=O)c2ccccc2SCC(=O)N2CCCC2)c1. The molecule has 0 radical (unpaired) electrons. The lowest BCUT2D eigenvalue weighted by molar-refractivity contribution is -0.127. The van der Waals surface area contributed by atoms with Crippen LogP contribution in [0.1, 0.15) is 23.2 Å². The largest absolute Gasteiger partial charge is 0.452 e. The van der Waals surface area contributed by atoms with E-state index in [1.165, 1.54) is 50.1 Å². The highest BCUT2D eigenvalue weighted by atomic mass is 32.2. The molecule has 0 spiro atoms.